The molecule has 124 valence electrons. The SMILES string of the molecule is CCn1c(NN=Cc2ccc(F)s2)nc(=O)c2c(C)cc(C)nc21. The van der Waals surface area contributed by atoms with Crippen LogP contribution in [0, 0.1) is 19.0 Å². The lowest BCUT2D eigenvalue weighted by Gasteiger charge is -2.13. The summed E-state index contributed by atoms with van der Waals surface area (Å²) in [6.45, 7) is 6.27. The summed E-state index contributed by atoms with van der Waals surface area (Å²) >= 11 is 0.985. The van der Waals surface area contributed by atoms with Crippen LogP contribution in [0.1, 0.15) is 23.1 Å². The second kappa shape index (κ2) is 6.48. The van der Waals surface area contributed by atoms with Gasteiger partial charge in [0.2, 0.25) is 5.95 Å². The summed E-state index contributed by atoms with van der Waals surface area (Å²) in [6, 6.07) is 4.86. The number of hydrogen-bond acceptors (Lipinski definition) is 6. The van der Waals surface area contributed by atoms with Gasteiger partial charge in [0.25, 0.3) is 5.56 Å². The number of pyridine rings is 1. The summed E-state index contributed by atoms with van der Waals surface area (Å²) in [5, 5.41) is 4.28. The number of rotatable bonds is 4. The molecule has 0 aliphatic heterocycles. The second-order valence-electron chi connectivity index (χ2n) is 5.28. The van der Waals surface area contributed by atoms with E-state index in [1.807, 2.05) is 26.8 Å². The molecule has 6 nitrogen and oxygen atoms in total. The van der Waals surface area contributed by atoms with Crippen LogP contribution in [0.5, 0.6) is 0 Å². The van der Waals surface area contributed by atoms with Gasteiger partial charge in [0.1, 0.15) is 5.65 Å². The highest BCUT2D eigenvalue weighted by atomic mass is 32.1. The van der Waals surface area contributed by atoms with Crippen molar-refractivity contribution in [2.45, 2.75) is 27.3 Å². The van der Waals surface area contributed by atoms with Crippen LogP contribution in [0.4, 0.5) is 10.3 Å². The molecule has 3 heterocycles. The van der Waals surface area contributed by atoms with Gasteiger partial charge in [-0.15, -0.1) is 11.3 Å². The molecule has 0 amide bonds. The molecule has 8 heteroatoms. The zero-order valence-electron chi connectivity index (χ0n) is 13.5. The lowest BCUT2D eigenvalue weighted by Crippen LogP contribution is -2.19. The quantitative estimate of drug-likeness (QED) is 0.583. The molecule has 3 rings (SSSR count). The van der Waals surface area contributed by atoms with Crippen LogP contribution >= 0.6 is 11.3 Å². The highest BCUT2D eigenvalue weighted by Crippen LogP contribution is 2.17. The van der Waals surface area contributed by atoms with E-state index in [2.05, 4.69) is 20.5 Å². The normalized spacial score (nSPS) is 11.5. The number of nitrogens with one attached hydrogen (secondary N) is 1. The highest BCUT2D eigenvalue weighted by Gasteiger charge is 2.13. The molecule has 24 heavy (non-hydrogen) atoms. The van der Waals surface area contributed by atoms with Gasteiger partial charge in [-0.25, -0.2) is 10.4 Å². The number of hydrazone groups is 1. The minimum Gasteiger partial charge on any atom is -0.295 e. The first kappa shape index (κ1) is 16.3. The van der Waals surface area contributed by atoms with E-state index < -0.39 is 0 Å². The summed E-state index contributed by atoms with van der Waals surface area (Å²) in [7, 11) is 0. The van der Waals surface area contributed by atoms with Crippen molar-refractivity contribution in [1.82, 2.24) is 14.5 Å². The van der Waals surface area contributed by atoms with Crippen LogP contribution < -0.4 is 11.0 Å². The molecule has 0 saturated carbocycles. The predicted octanol–water partition coefficient (Wildman–Crippen LogP) is 3.07. The zero-order valence-corrected chi connectivity index (χ0v) is 14.3. The standard InChI is InChI=1S/C16H16FN5OS/c1-4-22-14-13(9(2)7-10(3)19-14)15(23)20-16(22)21-18-8-11-5-6-12(17)24-11/h5-8H,4H2,1-3H3,(H,20,21,23). The maximum atomic E-state index is 13.0. The highest BCUT2D eigenvalue weighted by molar-refractivity contribution is 7.12. The Morgan fingerprint density at radius 2 is 2.17 bits per heavy atom. The first-order valence-corrected chi connectivity index (χ1v) is 8.24. The van der Waals surface area contributed by atoms with E-state index in [1.54, 1.807) is 10.6 Å². The molecule has 0 unspecified atom stereocenters. The summed E-state index contributed by atoms with van der Waals surface area (Å²) in [5.41, 5.74) is 4.67. The number of fused-ring (bicyclic) bond motifs is 1. The van der Waals surface area contributed by atoms with Gasteiger partial charge in [-0.3, -0.25) is 9.36 Å². The van der Waals surface area contributed by atoms with Crippen molar-refractivity contribution in [1.29, 1.82) is 0 Å². The average molecular weight is 345 g/mol. The smallest absolute Gasteiger partial charge is 0.284 e. The van der Waals surface area contributed by atoms with Crippen molar-refractivity contribution in [2.24, 2.45) is 5.10 Å². The Morgan fingerprint density at radius 1 is 1.38 bits per heavy atom. The summed E-state index contributed by atoms with van der Waals surface area (Å²) < 4.78 is 14.8. The number of aromatic nitrogens is 3. The number of hydrogen-bond donors (Lipinski definition) is 1. The van der Waals surface area contributed by atoms with E-state index in [0.717, 1.165) is 22.6 Å². The number of halogens is 1. The minimum atomic E-state index is -0.348. The zero-order chi connectivity index (χ0) is 17.3. The fourth-order valence-corrected chi connectivity index (χ4v) is 3.13. The number of thiophene rings is 1. The Morgan fingerprint density at radius 3 is 2.83 bits per heavy atom. The van der Waals surface area contributed by atoms with Gasteiger partial charge in [-0.1, -0.05) is 0 Å². The van der Waals surface area contributed by atoms with Crippen molar-refractivity contribution in [3.8, 4) is 0 Å². The summed E-state index contributed by atoms with van der Waals surface area (Å²) in [6.07, 6.45) is 1.49. The Kier molecular flexibility index (Phi) is 4.39. The van der Waals surface area contributed by atoms with Gasteiger partial charge in [-0.2, -0.15) is 14.5 Å². The minimum absolute atomic E-state index is 0.277. The summed E-state index contributed by atoms with van der Waals surface area (Å²) in [5.74, 6) is 0.306. The molecule has 1 N–H and O–H groups in total. The van der Waals surface area contributed by atoms with E-state index in [4.69, 9.17) is 0 Å². The third-order valence-electron chi connectivity index (χ3n) is 3.52. The Hall–Kier alpha value is -2.61. The topological polar surface area (TPSA) is 72.2 Å². The van der Waals surface area contributed by atoms with E-state index in [-0.39, 0.29) is 10.7 Å². The molecule has 0 saturated heterocycles. The first-order valence-electron chi connectivity index (χ1n) is 7.42. The molecule has 3 aromatic rings. The van der Waals surface area contributed by atoms with Crippen LogP contribution in [0.2, 0.25) is 0 Å². The second-order valence-corrected chi connectivity index (χ2v) is 6.34. The number of anilines is 1. The van der Waals surface area contributed by atoms with Gasteiger partial charge >= 0.3 is 0 Å². The molecule has 0 aliphatic rings. The molecular formula is C16H16FN5OS. The van der Waals surface area contributed by atoms with Crippen molar-refractivity contribution in [2.75, 3.05) is 5.43 Å². The molecule has 0 fully saturated rings. The fraction of sp³-hybridized carbons (Fsp3) is 0.250. The molecule has 3 aromatic heterocycles. The van der Waals surface area contributed by atoms with Crippen LogP contribution in [0.25, 0.3) is 11.0 Å². The third kappa shape index (κ3) is 3.05. The van der Waals surface area contributed by atoms with E-state index in [1.165, 1.54) is 12.3 Å². The molecule has 0 bridgehead atoms. The summed E-state index contributed by atoms with van der Waals surface area (Å²) in [4.78, 5) is 21.5. The van der Waals surface area contributed by atoms with E-state index in [0.29, 0.717) is 28.4 Å². The first-order chi connectivity index (χ1) is 11.5. The van der Waals surface area contributed by atoms with Crippen molar-refractivity contribution >= 4 is 34.5 Å². The van der Waals surface area contributed by atoms with Gasteiger partial charge in [0, 0.05) is 12.2 Å². The van der Waals surface area contributed by atoms with Crippen LogP contribution in [0.3, 0.4) is 0 Å². The Labute approximate surface area is 141 Å². The maximum Gasteiger partial charge on any atom is 0.284 e. The van der Waals surface area contributed by atoms with Crippen molar-refractivity contribution in [3.63, 3.8) is 0 Å². The largest absolute Gasteiger partial charge is 0.295 e. The number of nitrogens with zero attached hydrogens (tertiary/aromatic N) is 4. The van der Waals surface area contributed by atoms with Gasteiger partial charge in [0.05, 0.1) is 16.5 Å². The molecule has 0 aliphatic carbocycles. The molecule has 0 atom stereocenters. The van der Waals surface area contributed by atoms with Crippen molar-refractivity contribution in [3.05, 3.63) is 49.8 Å². The Bertz CT molecular complexity index is 992. The van der Waals surface area contributed by atoms with Crippen LogP contribution in [-0.4, -0.2) is 20.7 Å². The monoisotopic (exact) mass is 345 g/mol. The van der Waals surface area contributed by atoms with E-state index in [9.17, 15) is 9.18 Å². The van der Waals surface area contributed by atoms with Crippen molar-refractivity contribution < 1.29 is 4.39 Å². The van der Waals surface area contributed by atoms with Gasteiger partial charge < -0.3 is 0 Å². The van der Waals surface area contributed by atoms with Crippen LogP contribution in [0.15, 0.2) is 28.1 Å². The van der Waals surface area contributed by atoms with E-state index >= 15 is 0 Å². The third-order valence-corrected chi connectivity index (χ3v) is 4.33. The lowest BCUT2D eigenvalue weighted by atomic mass is 10.2. The molecule has 0 aromatic carbocycles. The maximum absolute atomic E-state index is 13.0. The Balaban J connectivity index is 2.04. The van der Waals surface area contributed by atoms with Crippen LogP contribution in [-0.2, 0) is 6.54 Å². The average Bonchev–Trinajstić information content (AvgIpc) is 2.92. The lowest BCUT2D eigenvalue weighted by molar-refractivity contribution is 0.657. The predicted molar refractivity (Wildman–Crippen MR) is 94.4 cm³/mol. The molecular weight excluding hydrogens is 329 g/mol. The molecule has 0 radical (unpaired) electrons. The number of aryl methyl sites for hydroxylation is 3. The van der Waals surface area contributed by atoms with Gasteiger partial charge in [0.15, 0.2) is 5.13 Å². The molecule has 0 spiro atoms. The fourth-order valence-electron chi connectivity index (χ4n) is 2.53. The van der Waals surface area contributed by atoms with Gasteiger partial charge in [-0.05, 0) is 44.5 Å².